The maximum absolute atomic E-state index is 11.8. The van der Waals surface area contributed by atoms with E-state index >= 15 is 0 Å². The van der Waals surface area contributed by atoms with Gasteiger partial charge in [0.15, 0.2) is 6.61 Å². The van der Waals surface area contributed by atoms with Gasteiger partial charge in [0.1, 0.15) is 12.4 Å². The number of benzene rings is 1. The van der Waals surface area contributed by atoms with Gasteiger partial charge in [-0.1, -0.05) is 12.1 Å². The van der Waals surface area contributed by atoms with Crippen molar-refractivity contribution in [2.24, 2.45) is 14.1 Å². The van der Waals surface area contributed by atoms with E-state index in [1.165, 1.54) is 24.7 Å². The van der Waals surface area contributed by atoms with Crippen LogP contribution in [-0.4, -0.2) is 21.7 Å². The second kappa shape index (κ2) is 7.16. The van der Waals surface area contributed by atoms with Crippen LogP contribution in [0.5, 0.6) is 5.75 Å². The highest BCUT2D eigenvalue weighted by Crippen LogP contribution is 2.18. The Morgan fingerprint density at radius 1 is 1.08 bits per heavy atom. The summed E-state index contributed by atoms with van der Waals surface area (Å²) in [5, 5.41) is 0. The molecule has 24 heavy (non-hydrogen) atoms. The van der Waals surface area contributed by atoms with Gasteiger partial charge in [-0.05, 0) is 31.0 Å². The van der Waals surface area contributed by atoms with Crippen molar-refractivity contribution in [3.63, 3.8) is 0 Å². The molecule has 0 spiro atoms. The maximum Gasteiger partial charge on any atom is 0.344 e. The fourth-order valence-corrected chi connectivity index (χ4v) is 2.11. The number of hydrogen-bond acceptors (Lipinski definition) is 5. The van der Waals surface area contributed by atoms with E-state index in [0.29, 0.717) is 11.4 Å². The fraction of sp³-hybridized carbons (Fsp3) is 0.353. The van der Waals surface area contributed by atoms with E-state index in [1.807, 2.05) is 32.0 Å². The van der Waals surface area contributed by atoms with Gasteiger partial charge >= 0.3 is 11.7 Å². The SMILES string of the molecule is Cc1ccc(C)c(OCC(=O)OCc2cc(=O)n(C)c(=O)n2C)c1. The molecule has 0 bridgehead atoms. The average molecular weight is 332 g/mol. The molecule has 2 aromatic rings. The van der Waals surface area contributed by atoms with Gasteiger partial charge < -0.3 is 9.47 Å². The molecule has 0 amide bonds. The van der Waals surface area contributed by atoms with Crippen molar-refractivity contribution in [3.8, 4) is 5.75 Å². The molecular weight excluding hydrogens is 312 g/mol. The van der Waals surface area contributed by atoms with E-state index in [2.05, 4.69) is 0 Å². The molecule has 0 fully saturated rings. The molecule has 0 radical (unpaired) electrons. The summed E-state index contributed by atoms with van der Waals surface area (Å²) >= 11 is 0. The Hall–Kier alpha value is -2.83. The minimum atomic E-state index is -0.580. The Morgan fingerprint density at radius 3 is 2.50 bits per heavy atom. The van der Waals surface area contributed by atoms with Crippen LogP contribution < -0.4 is 16.0 Å². The molecule has 7 nitrogen and oxygen atoms in total. The van der Waals surface area contributed by atoms with Crippen LogP contribution in [0.1, 0.15) is 16.8 Å². The van der Waals surface area contributed by atoms with Crippen LogP contribution in [0.2, 0.25) is 0 Å². The molecule has 0 unspecified atom stereocenters. The van der Waals surface area contributed by atoms with Crippen molar-refractivity contribution in [3.05, 3.63) is 61.9 Å². The second-order valence-corrected chi connectivity index (χ2v) is 5.59. The predicted molar refractivity (Wildman–Crippen MR) is 88.1 cm³/mol. The van der Waals surface area contributed by atoms with Crippen LogP contribution in [0.25, 0.3) is 0 Å². The third-order valence-corrected chi connectivity index (χ3v) is 3.70. The van der Waals surface area contributed by atoms with Crippen molar-refractivity contribution < 1.29 is 14.3 Å². The molecular formula is C17H20N2O5. The van der Waals surface area contributed by atoms with Gasteiger partial charge in [0.05, 0.1) is 5.69 Å². The van der Waals surface area contributed by atoms with Gasteiger partial charge in [-0.25, -0.2) is 9.59 Å². The molecule has 0 atom stereocenters. The Morgan fingerprint density at radius 2 is 1.79 bits per heavy atom. The summed E-state index contributed by atoms with van der Waals surface area (Å²) < 4.78 is 12.8. The third kappa shape index (κ3) is 3.92. The number of carbonyl (C=O) groups excluding carboxylic acids is 1. The summed E-state index contributed by atoms with van der Waals surface area (Å²) in [5.74, 6) is 0.0389. The first-order chi connectivity index (χ1) is 11.3. The van der Waals surface area contributed by atoms with Crippen LogP contribution in [-0.2, 0) is 30.2 Å². The first-order valence-corrected chi connectivity index (χ1v) is 7.41. The topological polar surface area (TPSA) is 79.5 Å². The van der Waals surface area contributed by atoms with E-state index in [0.717, 1.165) is 15.7 Å². The molecule has 1 aromatic carbocycles. The minimum absolute atomic E-state index is 0.170. The zero-order valence-corrected chi connectivity index (χ0v) is 14.2. The van der Waals surface area contributed by atoms with Crippen molar-refractivity contribution in [1.82, 2.24) is 9.13 Å². The summed E-state index contributed by atoms with van der Waals surface area (Å²) in [6, 6.07) is 6.97. The largest absolute Gasteiger partial charge is 0.482 e. The zero-order chi connectivity index (χ0) is 17.9. The van der Waals surface area contributed by atoms with Gasteiger partial charge in [-0.3, -0.25) is 13.9 Å². The van der Waals surface area contributed by atoms with Crippen molar-refractivity contribution in [1.29, 1.82) is 0 Å². The normalized spacial score (nSPS) is 10.5. The molecule has 7 heteroatoms. The fourth-order valence-electron chi connectivity index (χ4n) is 2.11. The number of nitrogens with zero attached hydrogens (tertiary/aromatic N) is 2. The highest BCUT2D eigenvalue weighted by atomic mass is 16.6. The summed E-state index contributed by atoms with van der Waals surface area (Å²) in [5.41, 5.74) is 1.35. The summed E-state index contributed by atoms with van der Waals surface area (Å²) in [6.45, 7) is 3.40. The lowest BCUT2D eigenvalue weighted by Crippen LogP contribution is -2.38. The van der Waals surface area contributed by atoms with Crippen LogP contribution in [0.4, 0.5) is 0 Å². The number of hydrogen-bond donors (Lipinski definition) is 0. The van der Waals surface area contributed by atoms with Gasteiger partial charge in [0.2, 0.25) is 0 Å². The van der Waals surface area contributed by atoms with Crippen molar-refractivity contribution >= 4 is 5.97 Å². The predicted octanol–water partition coefficient (Wildman–Crippen LogP) is 0.823. The molecule has 0 aliphatic rings. The Kier molecular flexibility index (Phi) is 5.23. The van der Waals surface area contributed by atoms with Gasteiger partial charge in [-0.2, -0.15) is 0 Å². The molecule has 2 rings (SSSR count). The van der Waals surface area contributed by atoms with E-state index in [-0.39, 0.29) is 13.2 Å². The Bertz CT molecular complexity index is 880. The number of carbonyl (C=O) groups is 1. The average Bonchev–Trinajstić information content (AvgIpc) is 2.55. The lowest BCUT2D eigenvalue weighted by Gasteiger charge is -2.11. The minimum Gasteiger partial charge on any atom is -0.482 e. The zero-order valence-electron chi connectivity index (χ0n) is 14.2. The van der Waals surface area contributed by atoms with Gasteiger partial charge in [-0.15, -0.1) is 0 Å². The lowest BCUT2D eigenvalue weighted by atomic mass is 10.1. The molecule has 0 saturated carbocycles. The summed E-state index contributed by atoms with van der Waals surface area (Å²) in [4.78, 5) is 35.2. The summed E-state index contributed by atoms with van der Waals surface area (Å²) in [7, 11) is 2.90. The molecule has 1 heterocycles. The molecule has 0 aliphatic carbocycles. The second-order valence-electron chi connectivity index (χ2n) is 5.59. The van der Waals surface area contributed by atoms with Crippen LogP contribution in [0.3, 0.4) is 0 Å². The van der Waals surface area contributed by atoms with E-state index in [1.54, 1.807) is 0 Å². The van der Waals surface area contributed by atoms with Crippen molar-refractivity contribution in [2.45, 2.75) is 20.5 Å². The smallest absolute Gasteiger partial charge is 0.344 e. The van der Waals surface area contributed by atoms with E-state index < -0.39 is 17.2 Å². The number of aromatic nitrogens is 2. The standard InChI is InChI=1S/C17H20N2O5/c1-11-5-6-12(2)14(7-11)23-10-16(21)24-9-13-8-15(20)19(4)17(22)18(13)3/h5-8H,9-10H2,1-4H3. The van der Waals surface area contributed by atoms with Crippen LogP contribution in [0.15, 0.2) is 33.9 Å². The molecule has 0 aliphatic heterocycles. The first kappa shape index (κ1) is 17.5. The van der Waals surface area contributed by atoms with E-state index in [4.69, 9.17) is 9.47 Å². The summed E-state index contributed by atoms with van der Waals surface area (Å²) in [6.07, 6.45) is 0. The molecule has 0 N–H and O–H groups in total. The lowest BCUT2D eigenvalue weighted by molar-refractivity contribution is -0.147. The Balaban J connectivity index is 1.98. The Labute approximate surface area is 139 Å². The molecule has 1 aromatic heterocycles. The number of esters is 1. The monoisotopic (exact) mass is 332 g/mol. The molecule has 0 saturated heterocycles. The van der Waals surface area contributed by atoms with Crippen molar-refractivity contribution in [2.75, 3.05) is 6.61 Å². The van der Waals surface area contributed by atoms with E-state index in [9.17, 15) is 14.4 Å². The first-order valence-electron chi connectivity index (χ1n) is 7.41. The van der Waals surface area contributed by atoms with Crippen LogP contribution >= 0.6 is 0 Å². The highest BCUT2D eigenvalue weighted by Gasteiger charge is 2.10. The van der Waals surface area contributed by atoms with Gasteiger partial charge in [0, 0.05) is 20.2 Å². The highest BCUT2D eigenvalue weighted by molar-refractivity contribution is 5.71. The number of aryl methyl sites for hydroxylation is 2. The number of rotatable bonds is 5. The van der Waals surface area contributed by atoms with Crippen LogP contribution in [0, 0.1) is 13.8 Å². The van der Waals surface area contributed by atoms with Gasteiger partial charge in [0.25, 0.3) is 5.56 Å². The third-order valence-electron chi connectivity index (χ3n) is 3.70. The quantitative estimate of drug-likeness (QED) is 0.758. The molecule has 128 valence electrons. The maximum atomic E-state index is 11.8. The number of ether oxygens (including phenoxy) is 2.